The van der Waals surface area contributed by atoms with E-state index < -0.39 is 11.6 Å². The molecule has 8 heteroatoms. The zero-order chi connectivity index (χ0) is 20.3. The molecular weight excluding hydrogens is 435 g/mol. The maximum atomic E-state index is 12.5. The average molecular weight is 443 g/mol. The second-order valence-corrected chi connectivity index (χ2v) is 8.86. The Bertz CT molecular complexity index is 1160. The number of ketones is 2. The van der Waals surface area contributed by atoms with Crippen molar-refractivity contribution in [2.75, 3.05) is 0 Å². The minimum Gasteiger partial charge on any atom is -0.288 e. The summed E-state index contributed by atoms with van der Waals surface area (Å²) in [7, 11) is 0. The van der Waals surface area contributed by atoms with Gasteiger partial charge in [-0.15, -0.1) is 22.7 Å². The molecule has 1 heterocycles. The van der Waals surface area contributed by atoms with Gasteiger partial charge in [-0.3, -0.25) is 9.59 Å². The SMILES string of the molecule is N#CC(C(=O)c1ccc(Cl)cc1)=c1sc(=C(C#N)C(=O)c2ccc(Cl)cc2)s1. The first kappa shape index (κ1) is 20.0. The number of benzene rings is 2. The molecule has 0 saturated carbocycles. The largest absolute Gasteiger partial charge is 0.288 e. The molecule has 0 aliphatic rings. The van der Waals surface area contributed by atoms with Crippen molar-refractivity contribution in [1.29, 1.82) is 10.5 Å². The van der Waals surface area contributed by atoms with Gasteiger partial charge >= 0.3 is 0 Å². The van der Waals surface area contributed by atoms with Crippen LogP contribution in [-0.4, -0.2) is 11.6 Å². The zero-order valence-corrected chi connectivity index (χ0v) is 17.0. The molecule has 1 aromatic heterocycles. The van der Waals surface area contributed by atoms with Gasteiger partial charge in [0.25, 0.3) is 0 Å². The van der Waals surface area contributed by atoms with E-state index in [2.05, 4.69) is 0 Å². The quantitative estimate of drug-likeness (QED) is 0.565. The number of nitriles is 2. The van der Waals surface area contributed by atoms with Crippen LogP contribution in [0, 0.1) is 22.7 Å². The standard InChI is InChI=1S/C20H8Cl2N2O2S2/c21-13-5-1-11(2-6-13)17(25)15(9-23)19-27-20(28-19)16(10-24)18(26)12-3-7-14(22)8-4-12/h1-8H. The van der Waals surface area contributed by atoms with Crippen molar-refractivity contribution < 1.29 is 9.59 Å². The third-order valence-electron chi connectivity index (χ3n) is 3.67. The molecule has 0 spiro atoms. The van der Waals surface area contributed by atoms with Crippen LogP contribution in [0.25, 0.3) is 11.1 Å². The molecule has 3 aromatic rings. The summed E-state index contributed by atoms with van der Waals surface area (Å²) in [6.07, 6.45) is 0. The van der Waals surface area contributed by atoms with Crippen LogP contribution in [0.1, 0.15) is 20.7 Å². The van der Waals surface area contributed by atoms with Crippen LogP contribution in [-0.2, 0) is 0 Å². The Hall–Kier alpha value is -2.74. The van der Waals surface area contributed by atoms with Crippen molar-refractivity contribution in [3.05, 3.63) is 77.4 Å². The third kappa shape index (κ3) is 4.06. The summed E-state index contributed by atoms with van der Waals surface area (Å²) in [6.45, 7) is 0. The van der Waals surface area contributed by atoms with E-state index in [-0.39, 0.29) is 11.1 Å². The number of carbonyl (C=O) groups excluding carboxylic acids is 2. The summed E-state index contributed by atoms with van der Waals surface area (Å²) in [4.78, 5) is 25.1. The molecule has 0 N–H and O–H groups in total. The number of hydrogen-bond acceptors (Lipinski definition) is 6. The molecule has 2 aromatic carbocycles. The molecule has 3 rings (SSSR count). The molecule has 0 radical (unpaired) electrons. The fourth-order valence-electron chi connectivity index (χ4n) is 2.25. The van der Waals surface area contributed by atoms with E-state index in [1.165, 1.54) is 24.3 Å². The van der Waals surface area contributed by atoms with Crippen LogP contribution in [0.3, 0.4) is 0 Å². The molecule has 0 fully saturated rings. The molecule has 0 bridgehead atoms. The van der Waals surface area contributed by atoms with Crippen molar-refractivity contribution in [3.63, 3.8) is 0 Å². The predicted octanol–water partition coefficient (Wildman–Crippen LogP) is 4.23. The van der Waals surface area contributed by atoms with Crippen LogP contribution >= 0.6 is 45.9 Å². The number of hydrogen-bond donors (Lipinski definition) is 0. The van der Waals surface area contributed by atoms with E-state index in [9.17, 15) is 20.1 Å². The number of halogens is 2. The van der Waals surface area contributed by atoms with E-state index in [4.69, 9.17) is 23.2 Å². The Balaban J connectivity index is 2.02. The van der Waals surface area contributed by atoms with E-state index in [0.29, 0.717) is 28.9 Å². The van der Waals surface area contributed by atoms with E-state index in [1.807, 2.05) is 12.1 Å². The van der Waals surface area contributed by atoms with Crippen LogP contribution in [0.15, 0.2) is 48.5 Å². The van der Waals surface area contributed by atoms with Crippen LogP contribution in [0.4, 0.5) is 0 Å². The van der Waals surface area contributed by atoms with Crippen molar-refractivity contribution in [1.82, 2.24) is 0 Å². The molecule has 0 aliphatic carbocycles. The Kier molecular flexibility index (Phi) is 6.08. The van der Waals surface area contributed by atoms with Gasteiger partial charge in [0, 0.05) is 21.2 Å². The fraction of sp³-hybridized carbons (Fsp3) is 0. The lowest BCUT2D eigenvalue weighted by atomic mass is 10.1. The van der Waals surface area contributed by atoms with Crippen molar-refractivity contribution in [2.45, 2.75) is 0 Å². The van der Waals surface area contributed by atoms with Crippen molar-refractivity contribution in [3.8, 4) is 12.1 Å². The predicted molar refractivity (Wildman–Crippen MR) is 111 cm³/mol. The molecule has 0 saturated heterocycles. The molecule has 0 amide bonds. The van der Waals surface area contributed by atoms with Gasteiger partial charge in [-0.1, -0.05) is 23.2 Å². The highest BCUT2D eigenvalue weighted by Crippen LogP contribution is 2.16. The lowest BCUT2D eigenvalue weighted by Crippen LogP contribution is -2.21. The van der Waals surface area contributed by atoms with E-state index in [1.54, 1.807) is 24.3 Å². The van der Waals surface area contributed by atoms with Crippen LogP contribution < -0.4 is 7.69 Å². The summed E-state index contributed by atoms with van der Waals surface area (Å²) in [6, 6.07) is 16.3. The van der Waals surface area contributed by atoms with Crippen LogP contribution in [0.5, 0.6) is 0 Å². The van der Waals surface area contributed by atoms with E-state index >= 15 is 0 Å². The van der Waals surface area contributed by atoms with Crippen molar-refractivity contribution in [2.24, 2.45) is 0 Å². The summed E-state index contributed by atoms with van der Waals surface area (Å²) in [5, 5.41) is 19.8. The highest BCUT2D eigenvalue weighted by atomic mass is 35.5. The summed E-state index contributed by atoms with van der Waals surface area (Å²) >= 11 is 13.8. The smallest absolute Gasteiger partial charge is 0.205 e. The minimum absolute atomic E-state index is 0.0303. The maximum Gasteiger partial charge on any atom is 0.205 e. The Morgan fingerprint density at radius 2 is 1.00 bits per heavy atom. The van der Waals surface area contributed by atoms with Crippen LogP contribution in [0.2, 0.25) is 10.0 Å². The van der Waals surface area contributed by atoms with Gasteiger partial charge in [-0.25, -0.2) is 0 Å². The first-order valence-electron chi connectivity index (χ1n) is 7.69. The Morgan fingerprint density at radius 3 is 1.29 bits per heavy atom. The van der Waals surface area contributed by atoms with Gasteiger partial charge in [-0.05, 0) is 48.5 Å². The second kappa shape index (κ2) is 8.52. The normalized spacial score (nSPS) is 10.0. The van der Waals surface area contributed by atoms with E-state index in [0.717, 1.165) is 22.7 Å². The summed E-state index contributed by atoms with van der Waals surface area (Å²) in [5.74, 6) is -0.869. The van der Waals surface area contributed by atoms with Gasteiger partial charge in [0.1, 0.15) is 31.0 Å². The fourth-order valence-corrected chi connectivity index (χ4v) is 4.57. The molecule has 28 heavy (non-hydrogen) atoms. The van der Waals surface area contributed by atoms with Gasteiger partial charge in [0.15, 0.2) is 0 Å². The summed E-state index contributed by atoms with van der Waals surface area (Å²) in [5.41, 5.74) is 0.615. The molecule has 0 unspecified atom stereocenters. The number of rotatable bonds is 4. The number of Topliss-reactive ketones (excluding diaryl/α,β-unsaturated/α-hetero) is 2. The zero-order valence-electron chi connectivity index (χ0n) is 13.9. The molecule has 4 nitrogen and oxygen atoms in total. The second-order valence-electron chi connectivity index (χ2n) is 5.42. The van der Waals surface area contributed by atoms with Gasteiger partial charge in [0.2, 0.25) is 11.6 Å². The lowest BCUT2D eigenvalue weighted by Gasteiger charge is -2.03. The minimum atomic E-state index is -0.434. The summed E-state index contributed by atoms with van der Waals surface area (Å²) < 4.78 is 0.906. The van der Waals surface area contributed by atoms with Gasteiger partial charge < -0.3 is 0 Å². The lowest BCUT2D eigenvalue weighted by molar-refractivity contribution is 0.105. The maximum absolute atomic E-state index is 12.5. The molecule has 0 atom stereocenters. The Labute approximate surface area is 177 Å². The first-order chi connectivity index (χ1) is 13.4. The van der Waals surface area contributed by atoms with Gasteiger partial charge in [0.05, 0.1) is 0 Å². The highest BCUT2D eigenvalue weighted by Gasteiger charge is 2.19. The topological polar surface area (TPSA) is 81.7 Å². The highest BCUT2D eigenvalue weighted by molar-refractivity contribution is 7.36. The number of carbonyl (C=O) groups is 2. The average Bonchev–Trinajstić information content (AvgIpc) is 2.67. The Morgan fingerprint density at radius 1 is 0.679 bits per heavy atom. The number of nitrogens with zero attached hydrogens (tertiary/aromatic N) is 2. The third-order valence-corrected chi connectivity index (χ3v) is 6.73. The molecule has 136 valence electrons. The monoisotopic (exact) mass is 442 g/mol. The van der Waals surface area contributed by atoms with Gasteiger partial charge in [-0.2, -0.15) is 10.5 Å². The molecular formula is C20H8Cl2N2O2S2. The van der Waals surface area contributed by atoms with Crippen molar-refractivity contribution >= 4 is 68.6 Å². The first-order valence-corrected chi connectivity index (χ1v) is 10.1. The molecule has 0 aliphatic heterocycles.